The molecule has 23 heavy (non-hydrogen) atoms. The van der Waals surface area contributed by atoms with Gasteiger partial charge in [0, 0.05) is 12.1 Å². The van der Waals surface area contributed by atoms with Crippen LogP contribution in [0.2, 0.25) is 0 Å². The summed E-state index contributed by atoms with van der Waals surface area (Å²) in [5, 5.41) is 11.0. The van der Waals surface area contributed by atoms with E-state index in [1.165, 1.54) is 16.2 Å². The van der Waals surface area contributed by atoms with E-state index in [9.17, 15) is 4.79 Å². The second-order valence-corrected chi connectivity index (χ2v) is 5.10. The molecule has 0 fully saturated rings. The number of nitrogens with one attached hydrogen (secondary N) is 1. The van der Waals surface area contributed by atoms with E-state index in [0.29, 0.717) is 34.2 Å². The van der Waals surface area contributed by atoms with Gasteiger partial charge < -0.3 is 9.47 Å². The van der Waals surface area contributed by atoms with E-state index in [1.54, 1.807) is 25.3 Å². The molecule has 2 heterocycles. The van der Waals surface area contributed by atoms with Gasteiger partial charge >= 0.3 is 0 Å². The van der Waals surface area contributed by atoms with Gasteiger partial charge in [0.15, 0.2) is 17.2 Å². The highest BCUT2D eigenvalue weighted by atomic mass is 32.1. The minimum atomic E-state index is -0.249. The van der Waals surface area contributed by atoms with Crippen molar-refractivity contribution in [3.63, 3.8) is 0 Å². The molecule has 9 heteroatoms. The molecular weight excluding hydrogens is 318 g/mol. The van der Waals surface area contributed by atoms with Crippen molar-refractivity contribution in [1.29, 1.82) is 0 Å². The van der Waals surface area contributed by atoms with Crippen LogP contribution in [0, 0.1) is 4.77 Å². The normalized spacial score (nSPS) is 10.9. The first-order chi connectivity index (χ1) is 11.1. The maximum atomic E-state index is 12.7. The van der Waals surface area contributed by atoms with Crippen molar-refractivity contribution in [3.8, 4) is 22.8 Å². The Balaban J connectivity index is 2.32. The predicted octanol–water partition coefficient (Wildman–Crippen LogP) is 1.65. The van der Waals surface area contributed by atoms with Crippen LogP contribution in [0.25, 0.3) is 17.0 Å². The molecular formula is C14H15N5O3S. The van der Waals surface area contributed by atoms with E-state index in [-0.39, 0.29) is 11.3 Å². The Kier molecular flexibility index (Phi) is 3.87. The van der Waals surface area contributed by atoms with E-state index >= 15 is 0 Å². The van der Waals surface area contributed by atoms with Gasteiger partial charge in [0.1, 0.15) is 0 Å². The summed E-state index contributed by atoms with van der Waals surface area (Å²) in [6, 6.07) is 5.18. The zero-order chi connectivity index (χ0) is 16.6. The Hall–Kier alpha value is -2.68. The first-order valence-corrected chi connectivity index (χ1v) is 7.32. The van der Waals surface area contributed by atoms with Crippen LogP contribution in [0.1, 0.15) is 6.92 Å². The van der Waals surface area contributed by atoms with Gasteiger partial charge in [-0.1, -0.05) is 0 Å². The molecule has 0 spiro atoms. The molecule has 0 amide bonds. The summed E-state index contributed by atoms with van der Waals surface area (Å²) in [4.78, 5) is 12.7. The van der Waals surface area contributed by atoms with Crippen molar-refractivity contribution in [2.45, 2.75) is 13.5 Å². The highest BCUT2D eigenvalue weighted by Crippen LogP contribution is 2.30. The second kappa shape index (κ2) is 5.84. The molecule has 0 aliphatic rings. The van der Waals surface area contributed by atoms with Gasteiger partial charge in [0.05, 0.1) is 14.2 Å². The maximum absolute atomic E-state index is 12.7. The van der Waals surface area contributed by atoms with Gasteiger partial charge in [-0.15, -0.1) is 5.10 Å². The number of ether oxygens (including phenoxy) is 2. The molecule has 0 bridgehead atoms. The lowest BCUT2D eigenvalue weighted by Crippen LogP contribution is -2.25. The molecule has 0 saturated carbocycles. The smallest absolute Gasteiger partial charge is 0.281 e. The lowest BCUT2D eigenvalue weighted by Gasteiger charge is -2.10. The Morgan fingerprint density at radius 2 is 2.00 bits per heavy atom. The van der Waals surface area contributed by atoms with E-state index in [4.69, 9.17) is 21.7 Å². The number of hydrogen-bond donors (Lipinski definition) is 1. The van der Waals surface area contributed by atoms with Crippen molar-refractivity contribution in [2.75, 3.05) is 14.2 Å². The van der Waals surface area contributed by atoms with E-state index in [1.807, 2.05) is 6.92 Å². The number of methoxy groups -OCH3 is 2. The summed E-state index contributed by atoms with van der Waals surface area (Å²) in [6.07, 6.45) is 0. The number of H-pyrrole nitrogens is 1. The third kappa shape index (κ3) is 2.38. The highest BCUT2D eigenvalue weighted by molar-refractivity contribution is 7.71. The maximum Gasteiger partial charge on any atom is 0.281 e. The molecule has 0 atom stereocenters. The highest BCUT2D eigenvalue weighted by Gasteiger charge is 2.16. The number of aromatic nitrogens is 5. The monoisotopic (exact) mass is 333 g/mol. The molecule has 1 aromatic carbocycles. The number of fused-ring (bicyclic) bond motifs is 1. The average Bonchev–Trinajstić information content (AvgIpc) is 2.94. The van der Waals surface area contributed by atoms with Crippen LogP contribution in [0.4, 0.5) is 0 Å². The largest absolute Gasteiger partial charge is 0.493 e. The van der Waals surface area contributed by atoms with Crippen molar-refractivity contribution >= 4 is 18.0 Å². The number of rotatable bonds is 4. The fraction of sp³-hybridized carbons (Fsp3) is 0.286. The van der Waals surface area contributed by atoms with E-state index in [2.05, 4.69) is 15.3 Å². The quantitative estimate of drug-likeness (QED) is 0.731. The van der Waals surface area contributed by atoms with Gasteiger partial charge in [-0.3, -0.25) is 9.36 Å². The lowest BCUT2D eigenvalue weighted by atomic mass is 10.1. The van der Waals surface area contributed by atoms with Crippen LogP contribution in [0.15, 0.2) is 23.0 Å². The summed E-state index contributed by atoms with van der Waals surface area (Å²) >= 11 is 5.16. The van der Waals surface area contributed by atoms with Gasteiger partial charge in [-0.05, 0) is 37.3 Å². The SMILES string of the molecule is CCn1c(=O)c(-c2ccc(OC)c(OC)c2)nn2c(=S)[nH]nc12. The zero-order valence-corrected chi connectivity index (χ0v) is 13.7. The molecule has 0 saturated heterocycles. The molecule has 0 unspecified atom stereocenters. The summed E-state index contributed by atoms with van der Waals surface area (Å²) in [5.41, 5.74) is 0.624. The Labute approximate surface area is 136 Å². The average molecular weight is 333 g/mol. The van der Waals surface area contributed by atoms with Gasteiger partial charge in [0.2, 0.25) is 4.77 Å². The van der Waals surface area contributed by atoms with Crippen LogP contribution >= 0.6 is 12.2 Å². The fourth-order valence-corrected chi connectivity index (χ4v) is 2.53. The van der Waals surface area contributed by atoms with Crippen molar-refractivity contribution in [3.05, 3.63) is 33.3 Å². The van der Waals surface area contributed by atoms with E-state index < -0.39 is 0 Å². The molecule has 3 rings (SSSR count). The third-order valence-electron chi connectivity index (χ3n) is 3.50. The van der Waals surface area contributed by atoms with Gasteiger partial charge in [0.25, 0.3) is 11.3 Å². The molecule has 2 aromatic heterocycles. The summed E-state index contributed by atoms with van der Waals surface area (Å²) in [5.74, 6) is 1.48. The minimum absolute atomic E-state index is 0.249. The van der Waals surface area contributed by atoms with Crippen LogP contribution in [0.3, 0.4) is 0 Å². The van der Waals surface area contributed by atoms with Gasteiger partial charge in [-0.2, -0.15) is 9.61 Å². The molecule has 120 valence electrons. The number of benzene rings is 1. The van der Waals surface area contributed by atoms with Crippen LogP contribution in [-0.2, 0) is 6.54 Å². The summed E-state index contributed by atoms with van der Waals surface area (Å²) in [6.45, 7) is 2.31. The third-order valence-corrected chi connectivity index (χ3v) is 3.76. The first kappa shape index (κ1) is 15.2. The van der Waals surface area contributed by atoms with Crippen molar-refractivity contribution < 1.29 is 9.47 Å². The Bertz CT molecular complexity index is 988. The molecule has 8 nitrogen and oxygen atoms in total. The zero-order valence-electron chi connectivity index (χ0n) is 12.9. The number of aromatic amines is 1. The lowest BCUT2D eigenvalue weighted by molar-refractivity contribution is 0.355. The first-order valence-electron chi connectivity index (χ1n) is 6.91. The number of aryl methyl sites for hydroxylation is 1. The van der Waals surface area contributed by atoms with Crippen LogP contribution in [0.5, 0.6) is 11.5 Å². The molecule has 1 N–H and O–H groups in total. The summed E-state index contributed by atoms with van der Waals surface area (Å²) < 4.78 is 13.8. The molecule has 0 aliphatic carbocycles. The molecule has 3 aromatic rings. The number of nitrogens with zero attached hydrogens (tertiary/aromatic N) is 4. The topological polar surface area (TPSA) is 86.4 Å². The van der Waals surface area contributed by atoms with Crippen molar-refractivity contribution in [1.82, 2.24) is 24.4 Å². The molecule has 0 aliphatic heterocycles. The predicted molar refractivity (Wildman–Crippen MR) is 86.6 cm³/mol. The standard InChI is InChI=1S/C14H15N5O3S/c1-4-18-12(20)11(17-19-13(18)15-16-14(19)23)8-5-6-9(21-2)10(7-8)22-3/h5-7H,4H2,1-3H3,(H,16,23). The Morgan fingerprint density at radius 1 is 1.26 bits per heavy atom. The van der Waals surface area contributed by atoms with Crippen LogP contribution < -0.4 is 15.0 Å². The van der Waals surface area contributed by atoms with Crippen molar-refractivity contribution in [2.24, 2.45) is 0 Å². The van der Waals surface area contributed by atoms with Crippen LogP contribution in [-0.4, -0.2) is 38.6 Å². The molecule has 0 radical (unpaired) electrons. The number of hydrogen-bond acceptors (Lipinski definition) is 6. The fourth-order valence-electron chi connectivity index (χ4n) is 2.36. The summed E-state index contributed by atoms with van der Waals surface area (Å²) in [7, 11) is 3.09. The van der Waals surface area contributed by atoms with Gasteiger partial charge in [-0.25, -0.2) is 5.10 Å². The Morgan fingerprint density at radius 3 is 2.65 bits per heavy atom. The van der Waals surface area contributed by atoms with E-state index in [0.717, 1.165) is 0 Å². The second-order valence-electron chi connectivity index (χ2n) is 4.71. The minimum Gasteiger partial charge on any atom is -0.493 e.